The van der Waals surface area contributed by atoms with Gasteiger partial charge in [-0.05, 0) is 173 Å². The zero-order chi connectivity index (χ0) is 77.4. The molecule has 0 N–H and O–H groups in total. The highest BCUT2D eigenvalue weighted by molar-refractivity contribution is 6.15. The molecule has 18 nitrogen and oxygen atoms in total. The van der Waals surface area contributed by atoms with E-state index in [1.807, 2.05) is 158 Å². The minimum absolute atomic E-state index is 0.0891. The minimum atomic E-state index is 0.0891. The zero-order valence-electron chi connectivity index (χ0n) is 58.1. The molecular formula is C94H40N18. The first-order chi connectivity index (χ1) is 54.9. The van der Waals surface area contributed by atoms with Crippen molar-refractivity contribution in [3.8, 4) is 191 Å². The Hall–Kier alpha value is -18.2. The second kappa shape index (κ2) is 28.1. The first-order valence-electron chi connectivity index (χ1n) is 34.3. The fraction of sp³-hybridized carbons (Fsp3) is 0. The number of fused-ring (bicyclic) bond motifs is 6. The lowest BCUT2D eigenvalue weighted by molar-refractivity contribution is 1.07. The zero-order valence-corrected chi connectivity index (χ0v) is 58.1. The van der Waals surface area contributed by atoms with Gasteiger partial charge in [-0.3, -0.25) is 0 Å². The maximum absolute atomic E-state index is 10.7. The van der Waals surface area contributed by atoms with Gasteiger partial charge in [0, 0.05) is 71.6 Å². The van der Waals surface area contributed by atoms with E-state index < -0.39 is 0 Å². The van der Waals surface area contributed by atoms with Gasteiger partial charge < -0.3 is 9.13 Å². The molecule has 0 bridgehead atoms. The largest absolute Gasteiger partial charge is 0.309 e. The first kappa shape index (κ1) is 68.3. The number of nitrogens with zero attached hydrogens (tertiary/aromatic N) is 18. The third kappa shape index (κ3) is 11.6. The van der Waals surface area contributed by atoms with Gasteiger partial charge in [-0.1, -0.05) is 103 Å². The van der Waals surface area contributed by atoms with E-state index in [2.05, 4.69) is 88.0 Å². The number of rotatable bonds is 11. The average Bonchev–Trinajstić information content (AvgIpc) is 1.52. The summed E-state index contributed by atoms with van der Waals surface area (Å²) in [4.78, 5) is 15.4. The van der Waals surface area contributed by atoms with Crippen LogP contribution >= 0.6 is 0 Å². The summed E-state index contributed by atoms with van der Waals surface area (Å²) in [5, 5.41) is 138. The highest BCUT2D eigenvalue weighted by Gasteiger charge is 2.27. The number of benzene rings is 13. The predicted molar refractivity (Wildman–Crippen MR) is 419 cm³/mol. The fourth-order valence-electron chi connectivity index (χ4n) is 14.9. The highest BCUT2D eigenvalue weighted by atomic mass is 15.0. The van der Waals surface area contributed by atoms with Crippen molar-refractivity contribution in [1.82, 2.24) is 24.1 Å². The number of hydrogen-bond donors (Lipinski definition) is 0. The summed E-state index contributed by atoms with van der Waals surface area (Å²) in [6, 6.07) is 99.9. The normalized spacial score (nSPS) is 10.6. The van der Waals surface area contributed by atoms with Crippen LogP contribution in [0.25, 0.3) is 156 Å². The fourth-order valence-corrected chi connectivity index (χ4v) is 14.9. The van der Waals surface area contributed by atoms with Gasteiger partial charge in [0.25, 0.3) is 0 Å². The van der Waals surface area contributed by atoms with Crippen LogP contribution < -0.4 is 0 Å². The Labute approximate surface area is 638 Å². The molecule has 13 aromatic carbocycles. The molecule has 0 unspecified atom stereocenters. The molecule has 18 heteroatoms. The quantitative estimate of drug-likeness (QED) is 0.116. The van der Waals surface area contributed by atoms with Crippen LogP contribution in [0.5, 0.6) is 0 Å². The molecule has 0 saturated heterocycles. The number of aromatic nitrogens is 5. The minimum Gasteiger partial charge on any atom is -0.309 e. The predicted octanol–water partition coefficient (Wildman–Crippen LogP) is 19.4. The van der Waals surface area contributed by atoms with Crippen molar-refractivity contribution in [2.45, 2.75) is 0 Å². The Kier molecular flexibility index (Phi) is 17.1. The van der Waals surface area contributed by atoms with Crippen LogP contribution in [0.15, 0.2) is 243 Å². The molecule has 3 aromatic heterocycles. The third-order valence-electron chi connectivity index (χ3n) is 19.8. The second-order valence-electron chi connectivity index (χ2n) is 25.9. The number of hydrogen-bond acceptors (Lipinski definition) is 16. The van der Waals surface area contributed by atoms with Crippen LogP contribution in [0.4, 0.5) is 0 Å². The van der Waals surface area contributed by atoms with E-state index in [0.29, 0.717) is 150 Å². The molecule has 0 aliphatic rings. The van der Waals surface area contributed by atoms with Gasteiger partial charge >= 0.3 is 0 Å². The van der Waals surface area contributed by atoms with Gasteiger partial charge in [-0.2, -0.15) is 68.4 Å². The average molecular weight is 1420 g/mol. The van der Waals surface area contributed by atoms with Crippen LogP contribution in [-0.4, -0.2) is 24.1 Å². The van der Waals surface area contributed by atoms with Crippen molar-refractivity contribution in [2.24, 2.45) is 0 Å². The van der Waals surface area contributed by atoms with Crippen molar-refractivity contribution < 1.29 is 0 Å². The van der Waals surface area contributed by atoms with Gasteiger partial charge in [-0.15, -0.1) is 0 Å². The third-order valence-corrected chi connectivity index (χ3v) is 19.8. The van der Waals surface area contributed by atoms with Crippen molar-refractivity contribution in [1.29, 1.82) is 68.4 Å². The van der Waals surface area contributed by atoms with Crippen molar-refractivity contribution >= 4 is 43.6 Å². The Bertz CT molecular complexity index is 6970. The van der Waals surface area contributed by atoms with Crippen molar-refractivity contribution in [3.05, 3.63) is 315 Å². The molecule has 0 fully saturated rings. The molecule has 3 heterocycles. The summed E-state index contributed by atoms with van der Waals surface area (Å²) in [6.07, 6.45) is 0. The Morgan fingerprint density at radius 2 is 0.446 bits per heavy atom. The van der Waals surface area contributed by atoms with Gasteiger partial charge in [0.2, 0.25) is 0 Å². The van der Waals surface area contributed by atoms with Crippen molar-refractivity contribution in [3.63, 3.8) is 0 Å². The molecule has 16 rings (SSSR count). The van der Waals surface area contributed by atoms with Gasteiger partial charge in [0.05, 0.1) is 185 Å². The Morgan fingerprint density at radius 3 is 0.732 bits per heavy atom. The molecule has 0 atom stereocenters. The molecule has 0 spiro atoms. The molecule has 0 saturated carbocycles. The van der Waals surface area contributed by atoms with E-state index in [1.165, 1.54) is 48.5 Å². The molecule has 16 aromatic rings. The van der Waals surface area contributed by atoms with Crippen LogP contribution in [0.3, 0.4) is 0 Å². The van der Waals surface area contributed by atoms with E-state index >= 15 is 0 Å². The SMILES string of the molecule is N#Cc1ccc(-c2cc(-c3cc(-c4nc(-c5ccccc5)nc(-c5ccccc5)n4)ccc3-n3c4ccc(-c5c(C#N)cc(C#N)cc5C#N)cc4c4cc(-c5c(C#N)cc(C#N)cc5C#N)ccc43)ccc2-n2c3ccc(-c4c(C#N)cc(C#N)cc4C#N)cc3c3cc(-c4c(C#N)cc(C#N)cc4C#N)ccc32)cc1. The summed E-state index contributed by atoms with van der Waals surface area (Å²) in [7, 11) is 0. The van der Waals surface area contributed by atoms with Gasteiger partial charge in [-0.25, -0.2) is 15.0 Å². The maximum Gasteiger partial charge on any atom is 0.164 e. The summed E-state index contributed by atoms with van der Waals surface area (Å²) in [5.74, 6) is 1.14. The lowest BCUT2D eigenvalue weighted by Gasteiger charge is -2.19. The number of nitriles is 13. The van der Waals surface area contributed by atoms with Crippen LogP contribution in [0.2, 0.25) is 0 Å². The summed E-state index contributed by atoms with van der Waals surface area (Å²) in [5.41, 5.74) is 13.0. The van der Waals surface area contributed by atoms with E-state index in [0.717, 1.165) is 11.1 Å². The second-order valence-corrected chi connectivity index (χ2v) is 25.9. The topological polar surface area (TPSA) is 358 Å². The van der Waals surface area contributed by atoms with Crippen molar-refractivity contribution in [2.75, 3.05) is 0 Å². The van der Waals surface area contributed by atoms with Gasteiger partial charge in [0.15, 0.2) is 17.5 Å². The van der Waals surface area contributed by atoms with E-state index in [-0.39, 0.29) is 66.8 Å². The molecule has 506 valence electrons. The molecular weight excluding hydrogens is 1380 g/mol. The lowest BCUT2D eigenvalue weighted by Crippen LogP contribution is -2.03. The first-order valence-corrected chi connectivity index (χ1v) is 34.3. The molecule has 0 radical (unpaired) electrons. The van der Waals surface area contributed by atoms with E-state index in [9.17, 15) is 68.4 Å². The van der Waals surface area contributed by atoms with E-state index in [4.69, 9.17) is 15.0 Å². The van der Waals surface area contributed by atoms with Crippen LogP contribution in [0, 0.1) is 147 Å². The van der Waals surface area contributed by atoms with Gasteiger partial charge in [0.1, 0.15) is 0 Å². The molecule has 0 aliphatic heterocycles. The summed E-state index contributed by atoms with van der Waals surface area (Å²) in [6.45, 7) is 0. The summed E-state index contributed by atoms with van der Waals surface area (Å²) < 4.78 is 4.14. The Morgan fingerprint density at radius 1 is 0.196 bits per heavy atom. The lowest BCUT2D eigenvalue weighted by atomic mass is 9.91. The molecule has 0 amide bonds. The molecule has 0 aliphatic carbocycles. The monoisotopic (exact) mass is 1420 g/mol. The smallest absolute Gasteiger partial charge is 0.164 e. The van der Waals surface area contributed by atoms with Crippen LogP contribution in [-0.2, 0) is 0 Å². The summed E-state index contributed by atoms with van der Waals surface area (Å²) >= 11 is 0. The highest BCUT2D eigenvalue weighted by Crippen LogP contribution is 2.47. The van der Waals surface area contributed by atoms with E-state index in [1.54, 1.807) is 36.4 Å². The maximum atomic E-state index is 10.7. The standard InChI is InChI=1S/C94H40N18/c95-41-54-11-13-59(14-12-54)76-35-62(15-21-82(76)111-84-22-16-63(88-68(46-100)27-55(42-96)28-69(88)47-101)36-78(84)79-37-64(17-23-85(79)111)89-70(48-102)29-56(43-97)30-71(89)49-103)77-40-67(94-109-92(60-7-3-1-4-8-60)108-93(110-94)61-9-5-2-6-10-61)20-26-83(77)112-86-24-18-65(90-72(50-104)31-57(44-98)32-73(90)51-105)38-80(86)81-39-66(19-25-87(81)112)91-74(52-106)33-58(45-99)34-75(91)53-107/h1-40H. The molecule has 112 heavy (non-hydrogen) atoms. The van der Waals surface area contributed by atoms with Crippen LogP contribution in [0.1, 0.15) is 72.3 Å². The Balaban J connectivity index is 1.01.